The van der Waals surface area contributed by atoms with Crippen LogP contribution in [0.15, 0.2) is 48.5 Å². The van der Waals surface area contributed by atoms with Crippen molar-refractivity contribution in [3.05, 3.63) is 54.1 Å². The van der Waals surface area contributed by atoms with Crippen LogP contribution in [0, 0.1) is 0 Å². The minimum absolute atomic E-state index is 0.136. The summed E-state index contributed by atoms with van der Waals surface area (Å²) in [6, 6.07) is 13.5. The van der Waals surface area contributed by atoms with Gasteiger partial charge < -0.3 is 5.11 Å². The summed E-state index contributed by atoms with van der Waals surface area (Å²) in [4.78, 5) is 21.8. The lowest BCUT2D eigenvalue weighted by atomic mass is 10.1. The van der Waals surface area contributed by atoms with Crippen LogP contribution < -0.4 is 5.84 Å². The van der Waals surface area contributed by atoms with E-state index >= 15 is 0 Å². The van der Waals surface area contributed by atoms with E-state index in [2.05, 4.69) is 0 Å². The summed E-state index contributed by atoms with van der Waals surface area (Å²) < 4.78 is 0. The molecule has 0 aliphatic heterocycles. The number of benzene rings is 2. The first-order valence-electron chi connectivity index (χ1n) is 5.56. The Labute approximate surface area is 109 Å². The van der Waals surface area contributed by atoms with E-state index in [-0.39, 0.29) is 5.01 Å². The maximum Gasteiger partial charge on any atom is 0.429 e. The third-order valence-corrected chi connectivity index (χ3v) is 2.64. The topological polar surface area (TPSA) is 83.6 Å². The minimum atomic E-state index is -1.49. The fraction of sp³-hybridized carbons (Fsp3) is 0. The summed E-state index contributed by atoms with van der Waals surface area (Å²) >= 11 is 0. The number of nitrogens with zero attached hydrogens (tertiary/aromatic N) is 1. The molecule has 2 aromatic rings. The molecule has 2 aromatic carbocycles. The maximum atomic E-state index is 11.4. The molecule has 96 valence electrons. The molecule has 0 unspecified atom stereocenters. The van der Waals surface area contributed by atoms with Gasteiger partial charge in [0.25, 0.3) is 5.91 Å². The molecule has 5 nitrogen and oxygen atoms in total. The summed E-state index contributed by atoms with van der Waals surface area (Å²) in [5, 5.41) is 10.8. The first-order valence-corrected chi connectivity index (χ1v) is 5.56. The molecule has 2 rings (SSSR count). The van der Waals surface area contributed by atoms with Gasteiger partial charge in [-0.3, -0.25) is 4.79 Å². The second-order valence-corrected chi connectivity index (χ2v) is 3.93. The van der Waals surface area contributed by atoms with Crippen molar-refractivity contribution in [2.24, 2.45) is 5.84 Å². The van der Waals surface area contributed by atoms with Gasteiger partial charge in [0.05, 0.1) is 0 Å². The summed E-state index contributed by atoms with van der Waals surface area (Å²) in [6.45, 7) is 0. The molecule has 0 spiro atoms. The molecule has 0 aliphatic rings. The Hall–Kier alpha value is -2.66. The lowest BCUT2D eigenvalue weighted by Gasteiger charge is -2.06. The van der Waals surface area contributed by atoms with Gasteiger partial charge in [0.15, 0.2) is 0 Å². The third-order valence-electron chi connectivity index (χ3n) is 2.64. The Bertz CT molecular complexity index is 665. The zero-order valence-corrected chi connectivity index (χ0v) is 9.98. The zero-order chi connectivity index (χ0) is 13.8. The molecular weight excluding hydrogens is 244 g/mol. The molecule has 3 N–H and O–H groups in total. The molecular formula is C14H12N2O3. The van der Waals surface area contributed by atoms with Crippen molar-refractivity contribution < 1.29 is 14.7 Å². The van der Waals surface area contributed by atoms with Crippen molar-refractivity contribution in [3.8, 4) is 0 Å². The molecule has 0 atom stereocenters. The third kappa shape index (κ3) is 2.97. The Morgan fingerprint density at radius 2 is 1.79 bits per heavy atom. The highest BCUT2D eigenvalue weighted by molar-refractivity contribution is 6.00. The van der Waals surface area contributed by atoms with Gasteiger partial charge in [0, 0.05) is 6.08 Å². The number of hydrogen-bond donors (Lipinski definition) is 2. The highest BCUT2D eigenvalue weighted by Gasteiger charge is 2.12. The van der Waals surface area contributed by atoms with Crippen molar-refractivity contribution in [1.29, 1.82) is 0 Å². The van der Waals surface area contributed by atoms with Gasteiger partial charge in [-0.2, -0.15) is 5.01 Å². The number of carbonyl (C=O) groups is 2. The molecule has 0 radical (unpaired) electrons. The van der Waals surface area contributed by atoms with Crippen molar-refractivity contribution in [1.82, 2.24) is 5.01 Å². The number of imide groups is 1. The van der Waals surface area contributed by atoms with Gasteiger partial charge in [-0.15, -0.1) is 0 Å². The van der Waals surface area contributed by atoms with E-state index in [1.165, 1.54) is 6.08 Å². The van der Waals surface area contributed by atoms with Crippen LogP contribution in [-0.2, 0) is 4.79 Å². The van der Waals surface area contributed by atoms with Crippen LogP contribution >= 0.6 is 0 Å². The number of carboxylic acid groups (broad SMARTS) is 1. The van der Waals surface area contributed by atoms with E-state index in [0.29, 0.717) is 0 Å². The van der Waals surface area contributed by atoms with E-state index in [0.717, 1.165) is 22.4 Å². The van der Waals surface area contributed by atoms with Gasteiger partial charge in [-0.1, -0.05) is 36.4 Å². The van der Waals surface area contributed by atoms with Crippen molar-refractivity contribution in [3.63, 3.8) is 0 Å². The maximum absolute atomic E-state index is 11.4. The number of amides is 2. The zero-order valence-electron chi connectivity index (χ0n) is 9.98. The first kappa shape index (κ1) is 12.8. The van der Waals surface area contributed by atoms with Crippen LogP contribution in [0.3, 0.4) is 0 Å². The Morgan fingerprint density at radius 3 is 2.47 bits per heavy atom. The molecule has 2 amide bonds. The normalized spacial score (nSPS) is 10.8. The van der Waals surface area contributed by atoms with E-state index in [4.69, 9.17) is 10.9 Å². The molecule has 5 heteroatoms. The van der Waals surface area contributed by atoms with E-state index in [1.54, 1.807) is 0 Å². The summed E-state index contributed by atoms with van der Waals surface area (Å²) in [5.41, 5.74) is 0.797. The number of hydrazine groups is 1. The number of hydrogen-bond acceptors (Lipinski definition) is 3. The van der Waals surface area contributed by atoms with Crippen molar-refractivity contribution >= 4 is 28.8 Å². The Balaban J connectivity index is 2.21. The SMILES string of the molecule is NN(C(=O)O)C(=O)C=Cc1ccc2ccccc2c1. The molecule has 0 bridgehead atoms. The quantitative estimate of drug-likeness (QED) is 0.373. The molecule has 0 aliphatic carbocycles. The highest BCUT2D eigenvalue weighted by Crippen LogP contribution is 2.16. The smallest absolute Gasteiger partial charge is 0.429 e. The molecule has 0 fully saturated rings. The van der Waals surface area contributed by atoms with E-state index in [1.807, 2.05) is 42.5 Å². The lowest BCUT2D eigenvalue weighted by molar-refractivity contribution is -0.124. The number of fused-ring (bicyclic) bond motifs is 1. The van der Waals surface area contributed by atoms with E-state index < -0.39 is 12.0 Å². The summed E-state index contributed by atoms with van der Waals surface area (Å²) in [5.74, 6) is 4.26. The second kappa shape index (κ2) is 5.32. The van der Waals surface area contributed by atoms with Crippen LogP contribution in [0.4, 0.5) is 4.79 Å². The molecule has 19 heavy (non-hydrogen) atoms. The standard InChI is InChI=1S/C14H12N2O3/c15-16(14(18)19)13(17)8-6-10-5-7-11-3-1-2-4-12(11)9-10/h1-9H,15H2,(H,18,19). The summed E-state index contributed by atoms with van der Waals surface area (Å²) in [6.07, 6.45) is 1.16. The van der Waals surface area contributed by atoms with Crippen LogP contribution in [0.25, 0.3) is 16.8 Å². The molecule has 0 aromatic heterocycles. The Kier molecular flexibility index (Phi) is 3.58. The van der Waals surface area contributed by atoms with Crippen molar-refractivity contribution in [2.45, 2.75) is 0 Å². The second-order valence-electron chi connectivity index (χ2n) is 3.93. The monoisotopic (exact) mass is 256 g/mol. The average Bonchev–Trinajstić information content (AvgIpc) is 2.43. The van der Waals surface area contributed by atoms with Gasteiger partial charge in [0.2, 0.25) is 0 Å². The molecule has 0 saturated carbocycles. The largest absolute Gasteiger partial charge is 0.464 e. The minimum Gasteiger partial charge on any atom is -0.464 e. The van der Waals surface area contributed by atoms with Gasteiger partial charge >= 0.3 is 6.09 Å². The van der Waals surface area contributed by atoms with Gasteiger partial charge in [-0.05, 0) is 28.5 Å². The van der Waals surface area contributed by atoms with Crippen molar-refractivity contribution in [2.75, 3.05) is 0 Å². The number of rotatable bonds is 2. The number of carbonyl (C=O) groups excluding carboxylic acids is 1. The fourth-order valence-corrected chi connectivity index (χ4v) is 1.65. The molecule has 0 saturated heterocycles. The van der Waals surface area contributed by atoms with Gasteiger partial charge in [0.1, 0.15) is 0 Å². The van der Waals surface area contributed by atoms with Crippen LogP contribution in [0.5, 0.6) is 0 Å². The fourth-order valence-electron chi connectivity index (χ4n) is 1.65. The van der Waals surface area contributed by atoms with Crippen LogP contribution in [0.1, 0.15) is 5.56 Å². The van der Waals surface area contributed by atoms with Crippen LogP contribution in [-0.4, -0.2) is 22.1 Å². The lowest BCUT2D eigenvalue weighted by Crippen LogP contribution is -2.40. The first-order chi connectivity index (χ1) is 9.08. The van der Waals surface area contributed by atoms with Gasteiger partial charge in [-0.25, -0.2) is 10.6 Å². The predicted octanol–water partition coefficient (Wildman–Crippen LogP) is 2.23. The van der Waals surface area contributed by atoms with Crippen LogP contribution in [0.2, 0.25) is 0 Å². The summed E-state index contributed by atoms with van der Waals surface area (Å²) in [7, 11) is 0. The number of nitrogens with two attached hydrogens (primary N) is 1. The molecule has 0 heterocycles. The predicted molar refractivity (Wildman–Crippen MR) is 72.0 cm³/mol. The average molecular weight is 256 g/mol. The Morgan fingerprint density at radius 1 is 1.11 bits per heavy atom. The van der Waals surface area contributed by atoms with E-state index in [9.17, 15) is 9.59 Å². The highest BCUT2D eigenvalue weighted by atomic mass is 16.4.